The minimum Gasteiger partial charge on any atom is -0.497 e. The maximum atomic E-state index is 11.3. The molecule has 0 amide bonds. The van der Waals surface area contributed by atoms with E-state index in [9.17, 15) is 8.42 Å². The van der Waals surface area contributed by atoms with Crippen LogP contribution in [-0.4, -0.2) is 28.3 Å². The van der Waals surface area contributed by atoms with Crippen LogP contribution in [0.4, 0.5) is 0 Å². The van der Waals surface area contributed by atoms with Crippen molar-refractivity contribution in [2.75, 3.05) is 19.9 Å². The van der Waals surface area contributed by atoms with E-state index in [-0.39, 0.29) is 5.41 Å². The van der Waals surface area contributed by atoms with E-state index < -0.39 is 10.0 Å². The van der Waals surface area contributed by atoms with Gasteiger partial charge in [-0.15, -0.1) is 0 Å². The molecular weight excluding hydrogens is 262 g/mol. The summed E-state index contributed by atoms with van der Waals surface area (Å²) in [4.78, 5) is 0. The first-order valence-electron chi connectivity index (χ1n) is 6.54. The van der Waals surface area contributed by atoms with E-state index in [2.05, 4.69) is 4.72 Å². The van der Waals surface area contributed by atoms with Crippen LogP contribution in [0.3, 0.4) is 0 Å². The lowest BCUT2D eigenvalue weighted by Gasteiger charge is -2.29. The molecule has 0 unspecified atom stereocenters. The Morgan fingerprint density at radius 1 is 1.21 bits per heavy atom. The topological polar surface area (TPSA) is 55.4 Å². The van der Waals surface area contributed by atoms with Crippen molar-refractivity contribution in [1.29, 1.82) is 0 Å². The molecule has 0 radical (unpaired) electrons. The number of benzene rings is 1. The van der Waals surface area contributed by atoms with E-state index in [0.29, 0.717) is 6.54 Å². The highest BCUT2D eigenvalue weighted by atomic mass is 32.2. The largest absolute Gasteiger partial charge is 0.497 e. The van der Waals surface area contributed by atoms with Crippen molar-refractivity contribution < 1.29 is 13.2 Å². The van der Waals surface area contributed by atoms with Gasteiger partial charge in [0, 0.05) is 12.0 Å². The van der Waals surface area contributed by atoms with Gasteiger partial charge in [0.1, 0.15) is 5.75 Å². The van der Waals surface area contributed by atoms with Crippen LogP contribution in [0, 0.1) is 0 Å². The minimum absolute atomic E-state index is 0.0602. The van der Waals surface area contributed by atoms with Crippen LogP contribution < -0.4 is 9.46 Å². The summed E-state index contributed by atoms with van der Waals surface area (Å²) in [5.41, 5.74) is 1.14. The molecule has 1 aromatic carbocycles. The highest BCUT2D eigenvalue weighted by molar-refractivity contribution is 7.88. The third-order valence-corrected chi connectivity index (χ3v) is 4.60. The zero-order chi connectivity index (χ0) is 13.9. The average molecular weight is 283 g/mol. The Hall–Kier alpha value is -1.07. The summed E-state index contributed by atoms with van der Waals surface area (Å²) in [6, 6.07) is 7.98. The summed E-state index contributed by atoms with van der Waals surface area (Å²) in [6.07, 6.45) is 5.57. The van der Waals surface area contributed by atoms with E-state index in [1.54, 1.807) is 7.11 Å². The van der Waals surface area contributed by atoms with Gasteiger partial charge in [0.05, 0.1) is 13.4 Å². The van der Waals surface area contributed by atoms with Gasteiger partial charge in [0.2, 0.25) is 10.0 Å². The second-order valence-corrected chi connectivity index (χ2v) is 7.14. The average Bonchev–Trinajstić information content (AvgIpc) is 2.86. The second-order valence-electron chi connectivity index (χ2n) is 5.31. The summed E-state index contributed by atoms with van der Waals surface area (Å²) >= 11 is 0. The zero-order valence-electron chi connectivity index (χ0n) is 11.5. The standard InChI is InChI=1S/C14H21NO3S/c1-18-13-7-5-12(6-8-13)14(9-3-4-10-14)11-15-19(2,16)17/h5-8,15H,3-4,9-11H2,1-2H3. The van der Waals surface area contributed by atoms with Crippen LogP contribution in [0.2, 0.25) is 0 Å². The Balaban J connectivity index is 2.22. The highest BCUT2D eigenvalue weighted by Crippen LogP contribution is 2.41. The lowest BCUT2D eigenvalue weighted by molar-refractivity contribution is 0.410. The summed E-state index contributed by atoms with van der Waals surface area (Å²) in [5, 5.41) is 0. The van der Waals surface area contributed by atoms with E-state index >= 15 is 0 Å². The monoisotopic (exact) mass is 283 g/mol. The van der Waals surface area contributed by atoms with E-state index in [0.717, 1.165) is 31.4 Å². The number of sulfonamides is 1. The molecule has 0 bridgehead atoms. The summed E-state index contributed by atoms with van der Waals surface area (Å²) in [5.74, 6) is 0.827. The SMILES string of the molecule is COc1ccc(C2(CNS(C)(=O)=O)CCCC2)cc1. The van der Waals surface area contributed by atoms with Crippen molar-refractivity contribution in [1.82, 2.24) is 4.72 Å². The number of hydrogen-bond acceptors (Lipinski definition) is 3. The molecule has 5 heteroatoms. The number of hydrogen-bond donors (Lipinski definition) is 1. The van der Waals surface area contributed by atoms with Crippen molar-refractivity contribution in [3.05, 3.63) is 29.8 Å². The van der Waals surface area contributed by atoms with Gasteiger partial charge in [-0.1, -0.05) is 25.0 Å². The predicted molar refractivity (Wildman–Crippen MR) is 76.0 cm³/mol. The molecule has 19 heavy (non-hydrogen) atoms. The lowest BCUT2D eigenvalue weighted by atomic mass is 9.79. The molecule has 1 aliphatic carbocycles. The molecule has 106 valence electrons. The fourth-order valence-electron chi connectivity index (χ4n) is 2.83. The molecule has 2 rings (SSSR count). The maximum Gasteiger partial charge on any atom is 0.208 e. The Bertz CT molecular complexity index is 516. The smallest absolute Gasteiger partial charge is 0.208 e. The van der Waals surface area contributed by atoms with Gasteiger partial charge >= 0.3 is 0 Å². The first-order chi connectivity index (χ1) is 8.95. The molecule has 1 aromatic rings. The van der Waals surface area contributed by atoms with Gasteiger partial charge in [-0.3, -0.25) is 0 Å². The number of nitrogens with one attached hydrogen (secondary N) is 1. The minimum atomic E-state index is -3.15. The predicted octanol–water partition coefficient (Wildman–Crippen LogP) is 2.06. The second kappa shape index (κ2) is 5.51. The molecule has 1 saturated carbocycles. The van der Waals surface area contributed by atoms with Crippen LogP contribution in [0.25, 0.3) is 0 Å². The first-order valence-corrected chi connectivity index (χ1v) is 8.44. The van der Waals surface area contributed by atoms with Gasteiger partial charge < -0.3 is 4.74 Å². The fraction of sp³-hybridized carbons (Fsp3) is 0.571. The van der Waals surface area contributed by atoms with Gasteiger partial charge in [0.15, 0.2) is 0 Å². The van der Waals surface area contributed by atoms with E-state index in [4.69, 9.17) is 4.74 Å². The third-order valence-electron chi connectivity index (χ3n) is 3.94. The molecule has 0 saturated heterocycles. The number of rotatable bonds is 5. The molecule has 0 aliphatic heterocycles. The van der Waals surface area contributed by atoms with Gasteiger partial charge in [-0.25, -0.2) is 13.1 Å². The Morgan fingerprint density at radius 3 is 2.26 bits per heavy atom. The van der Waals surface area contributed by atoms with E-state index in [1.165, 1.54) is 11.8 Å². The Morgan fingerprint density at radius 2 is 1.79 bits per heavy atom. The van der Waals surface area contributed by atoms with Crippen molar-refractivity contribution in [3.63, 3.8) is 0 Å². The van der Waals surface area contributed by atoms with Crippen molar-refractivity contribution in [3.8, 4) is 5.75 Å². The van der Waals surface area contributed by atoms with Crippen molar-refractivity contribution in [2.45, 2.75) is 31.1 Å². The normalized spacial score (nSPS) is 18.4. The molecule has 1 fully saturated rings. The van der Waals surface area contributed by atoms with Crippen LogP contribution in [-0.2, 0) is 15.4 Å². The first kappa shape index (κ1) is 14.3. The molecule has 0 aromatic heterocycles. The Kier molecular flexibility index (Phi) is 4.16. The van der Waals surface area contributed by atoms with Crippen LogP contribution in [0.5, 0.6) is 5.75 Å². The molecule has 1 aliphatic rings. The summed E-state index contributed by atoms with van der Waals surface area (Å²) in [6.45, 7) is 0.484. The van der Waals surface area contributed by atoms with E-state index in [1.807, 2.05) is 24.3 Å². The maximum absolute atomic E-state index is 11.3. The third kappa shape index (κ3) is 3.48. The quantitative estimate of drug-likeness (QED) is 0.900. The summed E-state index contributed by atoms with van der Waals surface area (Å²) < 4.78 is 30.5. The number of ether oxygens (including phenoxy) is 1. The van der Waals surface area contributed by atoms with Crippen molar-refractivity contribution in [2.24, 2.45) is 0 Å². The molecule has 0 heterocycles. The van der Waals surface area contributed by atoms with Gasteiger partial charge in [-0.2, -0.15) is 0 Å². The molecule has 0 spiro atoms. The number of methoxy groups -OCH3 is 1. The van der Waals surface area contributed by atoms with Gasteiger partial charge in [0.25, 0.3) is 0 Å². The fourth-order valence-corrected chi connectivity index (χ4v) is 3.37. The molecule has 1 N–H and O–H groups in total. The lowest BCUT2D eigenvalue weighted by Crippen LogP contribution is -2.38. The highest BCUT2D eigenvalue weighted by Gasteiger charge is 2.36. The Labute approximate surface area is 115 Å². The van der Waals surface area contributed by atoms with Gasteiger partial charge in [-0.05, 0) is 30.5 Å². The van der Waals surface area contributed by atoms with Crippen molar-refractivity contribution >= 4 is 10.0 Å². The molecule has 0 atom stereocenters. The van der Waals surface area contributed by atoms with Crippen LogP contribution >= 0.6 is 0 Å². The molecule has 4 nitrogen and oxygen atoms in total. The van der Waals surface area contributed by atoms with Crippen LogP contribution in [0.1, 0.15) is 31.2 Å². The van der Waals surface area contributed by atoms with Crippen LogP contribution in [0.15, 0.2) is 24.3 Å². The molecular formula is C14H21NO3S. The zero-order valence-corrected chi connectivity index (χ0v) is 12.3. The summed E-state index contributed by atoms with van der Waals surface area (Å²) in [7, 11) is -1.50.